The zero-order valence-corrected chi connectivity index (χ0v) is 22.7. The van der Waals surface area contributed by atoms with E-state index in [9.17, 15) is 14.4 Å². The van der Waals surface area contributed by atoms with E-state index in [1.165, 1.54) is 0 Å². The van der Waals surface area contributed by atoms with Gasteiger partial charge in [-0.1, -0.05) is 60.7 Å². The van der Waals surface area contributed by atoms with Crippen LogP contribution in [0.15, 0.2) is 97.1 Å². The molecule has 40 heavy (non-hydrogen) atoms. The Balaban J connectivity index is 1.01. The maximum atomic E-state index is 12.7. The van der Waals surface area contributed by atoms with E-state index < -0.39 is 0 Å². The third-order valence-corrected chi connectivity index (χ3v) is 7.71. The van der Waals surface area contributed by atoms with Gasteiger partial charge in [-0.05, 0) is 84.8 Å². The fraction of sp³-hybridized carbons (Fsp3) is 0.286. The molecule has 4 aromatic carbocycles. The van der Waals surface area contributed by atoms with Crippen molar-refractivity contribution in [1.29, 1.82) is 0 Å². The monoisotopic (exact) mass is 533 g/mol. The zero-order chi connectivity index (χ0) is 27.7. The van der Waals surface area contributed by atoms with Gasteiger partial charge in [0.15, 0.2) is 5.78 Å². The lowest BCUT2D eigenvalue weighted by molar-refractivity contribution is -0.123. The number of hydrogen-bond acceptors (Lipinski definition) is 4. The van der Waals surface area contributed by atoms with Crippen LogP contribution in [0.5, 0.6) is 5.75 Å². The highest BCUT2D eigenvalue weighted by Gasteiger charge is 2.27. The molecule has 1 amide bonds. The lowest BCUT2D eigenvalue weighted by Crippen LogP contribution is -2.28. The Kier molecular flexibility index (Phi) is 9.02. The molecule has 0 aliphatic heterocycles. The van der Waals surface area contributed by atoms with Crippen LogP contribution in [-0.4, -0.2) is 30.1 Å². The van der Waals surface area contributed by atoms with Gasteiger partial charge in [0.25, 0.3) is 5.91 Å². The van der Waals surface area contributed by atoms with Crippen molar-refractivity contribution in [2.45, 2.75) is 51.0 Å². The van der Waals surface area contributed by atoms with Gasteiger partial charge in [0.05, 0.1) is 6.10 Å². The smallest absolute Gasteiger partial charge is 0.251 e. The van der Waals surface area contributed by atoms with E-state index in [0.29, 0.717) is 42.7 Å². The fourth-order valence-corrected chi connectivity index (χ4v) is 5.38. The van der Waals surface area contributed by atoms with E-state index in [1.807, 2.05) is 84.9 Å². The van der Waals surface area contributed by atoms with Crippen LogP contribution < -0.4 is 10.1 Å². The van der Waals surface area contributed by atoms with Gasteiger partial charge in [0, 0.05) is 36.4 Å². The van der Waals surface area contributed by atoms with Crippen LogP contribution >= 0.6 is 0 Å². The molecular formula is C35H35NO4. The van der Waals surface area contributed by atoms with E-state index in [1.54, 1.807) is 12.1 Å². The van der Waals surface area contributed by atoms with Gasteiger partial charge in [-0.15, -0.1) is 0 Å². The lowest BCUT2D eigenvalue weighted by atomic mass is 9.83. The molecule has 0 bridgehead atoms. The Labute approximate surface area is 235 Å². The largest absolute Gasteiger partial charge is 0.490 e. The normalized spacial score (nSPS) is 16.8. The summed E-state index contributed by atoms with van der Waals surface area (Å²) in [4.78, 5) is 37.8. The highest BCUT2D eigenvalue weighted by Crippen LogP contribution is 2.29. The quantitative estimate of drug-likeness (QED) is 0.167. The van der Waals surface area contributed by atoms with Crippen molar-refractivity contribution in [1.82, 2.24) is 5.32 Å². The summed E-state index contributed by atoms with van der Waals surface area (Å²) in [5.74, 6) is 1.09. The summed E-state index contributed by atoms with van der Waals surface area (Å²) < 4.78 is 6.16. The third kappa shape index (κ3) is 7.23. The number of carbonyl (C=O) groups excluding carboxylic acids is 3. The molecule has 204 valence electrons. The highest BCUT2D eigenvalue weighted by molar-refractivity contribution is 5.99. The molecule has 0 unspecified atom stereocenters. The SMILES string of the molecule is O=C(CCCNC(=O)c1ccc2ccccc2c1)c1ccc(OC2CCC(C(=O)Cc3ccccc3)CC2)cc1. The van der Waals surface area contributed by atoms with Crippen LogP contribution in [0.1, 0.15) is 64.8 Å². The molecule has 0 saturated heterocycles. The summed E-state index contributed by atoms with van der Waals surface area (Å²) in [5.41, 5.74) is 2.34. The van der Waals surface area contributed by atoms with Crippen LogP contribution in [0.25, 0.3) is 10.8 Å². The molecule has 0 radical (unpaired) electrons. The summed E-state index contributed by atoms with van der Waals surface area (Å²) in [7, 11) is 0. The Morgan fingerprint density at radius 3 is 2.15 bits per heavy atom. The first-order valence-corrected chi connectivity index (χ1v) is 14.2. The number of rotatable bonds is 11. The number of amides is 1. The molecule has 1 N–H and O–H groups in total. The van der Waals surface area contributed by atoms with Crippen LogP contribution in [0.3, 0.4) is 0 Å². The second-order valence-electron chi connectivity index (χ2n) is 10.6. The molecule has 0 spiro atoms. The van der Waals surface area contributed by atoms with Crippen molar-refractivity contribution in [2.75, 3.05) is 6.54 Å². The first-order chi connectivity index (χ1) is 19.5. The van der Waals surface area contributed by atoms with Crippen molar-refractivity contribution in [3.63, 3.8) is 0 Å². The van der Waals surface area contributed by atoms with Gasteiger partial charge in [0.1, 0.15) is 11.5 Å². The van der Waals surface area contributed by atoms with Crippen molar-refractivity contribution in [2.24, 2.45) is 5.92 Å². The van der Waals surface area contributed by atoms with Crippen LogP contribution in [0.2, 0.25) is 0 Å². The van der Waals surface area contributed by atoms with Crippen molar-refractivity contribution in [3.05, 3.63) is 114 Å². The maximum Gasteiger partial charge on any atom is 0.251 e. The summed E-state index contributed by atoms with van der Waals surface area (Å²) in [6, 6.07) is 30.8. The second-order valence-corrected chi connectivity index (χ2v) is 10.6. The number of nitrogens with one attached hydrogen (secondary N) is 1. The van der Waals surface area contributed by atoms with Crippen molar-refractivity contribution >= 4 is 28.2 Å². The summed E-state index contributed by atoms with van der Waals surface area (Å²) >= 11 is 0. The first kappa shape index (κ1) is 27.3. The summed E-state index contributed by atoms with van der Waals surface area (Å²) in [6.07, 6.45) is 4.95. The molecular weight excluding hydrogens is 498 g/mol. The minimum absolute atomic E-state index is 0.0453. The number of hydrogen-bond donors (Lipinski definition) is 1. The van der Waals surface area contributed by atoms with E-state index >= 15 is 0 Å². The fourth-order valence-electron chi connectivity index (χ4n) is 5.38. The number of Topliss-reactive ketones (excluding diaryl/α,β-unsaturated/α-hetero) is 2. The van der Waals surface area contributed by atoms with Crippen molar-refractivity contribution in [3.8, 4) is 5.75 Å². The maximum absolute atomic E-state index is 12.7. The standard InChI is InChI=1S/C35H35NO4/c37-33(11-6-22-36-35(39)30-13-12-26-9-4-5-10-29(26)24-30)27-14-18-31(19-15-27)40-32-20-16-28(17-21-32)34(38)23-25-7-2-1-3-8-25/h1-5,7-10,12-15,18-19,24,28,32H,6,11,16-17,20-23H2,(H,36,39). The molecule has 4 aromatic rings. The molecule has 1 fully saturated rings. The molecule has 5 rings (SSSR count). The van der Waals surface area contributed by atoms with Gasteiger partial charge < -0.3 is 10.1 Å². The average Bonchev–Trinajstić information content (AvgIpc) is 3.00. The van der Waals surface area contributed by atoms with E-state index in [4.69, 9.17) is 4.74 Å². The molecule has 0 aromatic heterocycles. The summed E-state index contributed by atoms with van der Waals surface area (Å²) in [5, 5.41) is 5.04. The molecule has 5 heteroatoms. The molecule has 1 aliphatic carbocycles. The van der Waals surface area contributed by atoms with Gasteiger partial charge in [-0.2, -0.15) is 0 Å². The molecule has 5 nitrogen and oxygen atoms in total. The Hall–Kier alpha value is -4.25. The minimum Gasteiger partial charge on any atom is -0.490 e. The predicted octanol–water partition coefficient (Wildman–Crippen LogP) is 6.98. The first-order valence-electron chi connectivity index (χ1n) is 14.2. The van der Waals surface area contributed by atoms with Crippen LogP contribution in [0, 0.1) is 5.92 Å². The van der Waals surface area contributed by atoms with E-state index in [-0.39, 0.29) is 23.7 Å². The molecule has 1 aliphatic rings. The number of benzene rings is 4. The molecule has 0 heterocycles. The van der Waals surface area contributed by atoms with Gasteiger partial charge in [-0.3, -0.25) is 14.4 Å². The number of carbonyl (C=O) groups is 3. The molecule has 1 saturated carbocycles. The van der Waals surface area contributed by atoms with Crippen molar-refractivity contribution < 1.29 is 19.1 Å². The van der Waals surface area contributed by atoms with E-state index in [0.717, 1.165) is 47.8 Å². The topological polar surface area (TPSA) is 72.5 Å². The second kappa shape index (κ2) is 13.2. The number of ketones is 2. The zero-order valence-electron chi connectivity index (χ0n) is 22.7. The Morgan fingerprint density at radius 1 is 0.725 bits per heavy atom. The summed E-state index contributed by atoms with van der Waals surface area (Å²) in [6.45, 7) is 0.440. The number of fused-ring (bicyclic) bond motifs is 1. The Bertz CT molecular complexity index is 1450. The van der Waals surface area contributed by atoms with Crippen LogP contribution in [0.4, 0.5) is 0 Å². The molecule has 0 atom stereocenters. The Morgan fingerprint density at radius 2 is 1.40 bits per heavy atom. The lowest BCUT2D eigenvalue weighted by Gasteiger charge is -2.28. The third-order valence-electron chi connectivity index (χ3n) is 7.71. The van der Waals surface area contributed by atoms with Gasteiger partial charge in [-0.25, -0.2) is 0 Å². The van der Waals surface area contributed by atoms with Gasteiger partial charge in [0.2, 0.25) is 0 Å². The van der Waals surface area contributed by atoms with Gasteiger partial charge >= 0.3 is 0 Å². The van der Waals surface area contributed by atoms with Crippen LogP contribution in [-0.2, 0) is 11.2 Å². The highest BCUT2D eigenvalue weighted by atomic mass is 16.5. The predicted molar refractivity (Wildman–Crippen MR) is 158 cm³/mol. The average molecular weight is 534 g/mol. The minimum atomic E-state index is -0.130. The number of ether oxygens (including phenoxy) is 1. The van der Waals surface area contributed by atoms with E-state index in [2.05, 4.69) is 5.32 Å².